The Bertz CT molecular complexity index is 625. The van der Waals surface area contributed by atoms with Crippen LogP contribution in [0.2, 0.25) is 0 Å². The zero-order chi connectivity index (χ0) is 23.6. The lowest BCUT2D eigenvalue weighted by atomic mass is 9.68. The van der Waals surface area contributed by atoms with Crippen LogP contribution < -0.4 is 0 Å². The Hall–Kier alpha value is -1.24. The Morgan fingerprint density at radius 1 is 1.03 bits per heavy atom. The predicted octanol–water partition coefficient (Wildman–Crippen LogP) is 3.13. The van der Waals surface area contributed by atoms with Gasteiger partial charge in [-0.1, -0.05) is 47.6 Å². The normalized spacial score (nSPS) is 47.3. The number of ketones is 1. The molecule has 30 heavy (non-hydrogen) atoms. The van der Waals surface area contributed by atoms with E-state index in [0.29, 0.717) is 0 Å². The molecule has 0 spiro atoms. The van der Waals surface area contributed by atoms with Crippen LogP contribution in [-0.2, 0) is 14.3 Å². The molecule has 0 bridgehead atoms. The molecule has 1 heterocycles. The SMILES string of the molecule is C=CC[C@H]1OC(=O)[C@H](C)[C@@H](C)[C@H](C)[C@@H](C)[C@](C)(O)C[C@@H](C)C(=O)[C@H](C)[C@@H](O)[C@]1(C)O. The summed E-state index contributed by atoms with van der Waals surface area (Å²) in [6.45, 7) is 17.7. The van der Waals surface area contributed by atoms with E-state index in [-0.39, 0.29) is 36.4 Å². The van der Waals surface area contributed by atoms with Crippen molar-refractivity contribution in [3.05, 3.63) is 12.7 Å². The van der Waals surface area contributed by atoms with E-state index in [1.807, 2.05) is 20.8 Å². The number of carbonyl (C=O) groups is 2. The third-order valence-corrected chi connectivity index (χ3v) is 7.78. The number of Topliss-reactive ketones (excluding diaryl/α,β-unsaturated/α-hetero) is 1. The summed E-state index contributed by atoms with van der Waals surface area (Å²) in [6.07, 6.45) is -0.571. The monoisotopic (exact) mass is 426 g/mol. The molecule has 3 N–H and O–H groups in total. The van der Waals surface area contributed by atoms with Crippen LogP contribution in [0.25, 0.3) is 0 Å². The fourth-order valence-electron chi connectivity index (χ4n) is 4.70. The maximum Gasteiger partial charge on any atom is 0.309 e. The second-order valence-electron chi connectivity index (χ2n) is 10.1. The predicted molar refractivity (Wildman–Crippen MR) is 117 cm³/mol. The minimum absolute atomic E-state index is 0.0193. The van der Waals surface area contributed by atoms with E-state index >= 15 is 0 Å². The number of hydrogen-bond donors (Lipinski definition) is 3. The van der Waals surface area contributed by atoms with Crippen molar-refractivity contribution in [3.63, 3.8) is 0 Å². The van der Waals surface area contributed by atoms with Gasteiger partial charge in [-0.25, -0.2) is 0 Å². The van der Waals surface area contributed by atoms with E-state index in [2.05, 4.69) is 6.58 Å². The summed E-state index contributed by atoms with van der Waals surface area (Å²) >= 11 is 0. The second-order valence-corrected chi connectivity index (χ2v) is 10.1. The maximum atomic E-state index is 13.0. The minimum atomic E-state index is -1.84. The lowest BCUT2D eigenvalue weighted by Crippen LogP contribution is -2.56. The van der Waals surface area contributed by atoms with E-state index in [1.54, 1.807) is 27.7 Å². The van der Waals surface area contributed by atoms with Crippen molar-refractivity contribution in [2.45, 2.75) is 91.6 Å². The van der Waals surface area contributed by atoms with Crippen molar-refractivity contribution in [3.8, 4) is 0 Å². The zero-order valence-corrected chi connectivity index (χ0v) is 19.9. The lowest BCUT2D eigenvalue weighted by molar-refractivity contribution is -0.191. The van der Waals surface area contributed by atoms with Crippen LogP contribution >= 0.6 is 0 Å². The molecule has 0 aromatic rings. The van der Waals surface area contributed by atoms with Crippen LogP contribution in [-0.4, -0.2) is 50.5 Å². The number of ether oxygens (including phenoxy) is 1. The maximum absolute atomic E-state index is 13.0. The molecule has 1 fully saturated rings. The third kappa shape index (κ3) is 5.51. The number of rotatable bonds is 2. The Morgan fingerprint density at radius 2 is 1.57 bits per heavy atom. The van der Waals surface area contributed by atoms with E-state index in [4.69, 9.17) is 4.74 Å². The first-order valence-corrected chi connectivity index (χ1v) is 11.1. The van der Waals surface area contributed by atoms with Crippen molar-refractivity contribution < 1.29 is 29.6 Å². The van der Waals surface area contributed by atoms with E-state index < -0.39 is 47.1 Å². The van der Waals surface area contributed by atoms with Gasteiger partial charge in [-0.15, -0.1) is 6.58 Å². The molecule has 1 aliphatic rings. The van der Waals surface area contributed by atoms with Gasteiger partial charge in [-0.05, 0) is 38.0 Å². The molecule has 0 saturated carbocycles. The smallest absolute Gasteiger partial charge is 0.309 e. The topological polar surface area (TPSA) is 104 Å². The summed E-state index contributed by atoms with van der Waals surface area (Å²) in [5.41, 5.74) is -2.97. The molecule has 0 amide bonds. The highest BCUT2D eigenvalue weighted by atomic mass is 16.6. The third-order valence-electron chi connectivity index (χ3n) is 7.78. The fraction of sp³-hybridized carbons (Fsp3) is 0.833. The van der Waals surface area contributed by atoms with Crippen molar-refractivity contribution in [1.82, 2.24) is 0 Å². The van der Waals surface area contributed by atoms with Crippen LogP contribution in [0, 0.1) is 35.5 Å². The number of aliphatic hydroxyl groups excluding tert-OH is 1. The summed E-state index contributed by atoms with van der Waals surface area (Å²) in [7, 11) is 0. The van der Waals surface area contributed by atoms with Gasteiger partial charge in [0.25, 0.3) is 0 Å². The number of aliphatic hydroxyl groups is 3. The summed E-state index contributed by atoms with van der Waals surface area (Å²) in [5.74, 6) is -2.91. The first-order chi connectivity index (χ1) is 13.6. The van der Waals surface area contributed by atoms with Gasteiger partial charge in [0.15, 0.2) is 0 Å². The quantitative estimate of drug-likeness (QED) is 0.463. The van der Waals surface area contributed by atoms with Crippen LogP contribution in [0.1, 0.15) is 68.2 Å². The summed E-state index contributed by atoms with van der Waals surface area (Å²) < 4.78 is 5.66. The molecule has 0 unspecified atom stereocenters. The van der Waals surface area contributed by atoms with Crippen molar-refractivity contribution >= 4 is 11.8 Å². The van der Waals surface area contributed by atoms with Crippen molar-refractivity contribution in [2.24, 2.45) is 35.5 Å². The molecule has 174 valence electrons. The molecule has 6 heteroatoms. The van der Waals surface area contributed by atoms with Crippen LogP contribution in [0.4, 0.5) is 0 Å². The number of carbonyl (C=O) groups excluding carboxylic acids is 2. The Kier molecular flexibility index (Phi) is 8.86. The Balaban J connectivity index is 3.46. The standard InChI is InChI=1S/C24H42O6/c1-10-11-19-24(9,29)21(26)17(6)20(25)13(2)12-23(8,28)18(7)15(4)14(3)16(5)22(27)30-19/h10,13-19,21,26,28-29H,1,11-12H2,2-9H3/t13-,14+,15+,16-,17+,18-,19-,21-,23-,24-/m1/s1. The number of cyclic esters (lactones) is 1. The molecule has 1 aliphatic heterocycles. The van der Waals surface area contributed by atoms with Crippen molar-refractivity contribution in [1.29, 1.82) is 0 Å². The number of hydrogen-bond acceptors (Lipinski definition) is 6. The summed E-state index contributed by atoms with van der Waals surface area (Å²) in [6, 6.07) is 0. The van der Waals surface area contributed by atoms with E-state index in [9.17, 15) is 24.9 Å². The van der Waals surface area contributed by atoms with Gasteiger partial charge < -0.3 is 20.1 Å². The minimum Gasteiger partial charge on any atom is -0.459 e. The molecule has 6 nitrogen and oxygen atoms in total. The van der Waals surface area contributed by atoms with Crippen LogP contribution in [0.15, 0.2) is 12.7 Å². The molecule has 0 aliphatic carbocycles. The Morgan fingerprint density at radius 3 is 2.07 bits per heavy atom. The number of esters is 1. The van der Waals surface area contributed by atoms with Crippen LogP contribution in [0.3, 0.4) is 0 Å². The Labute approximate surface area is 181 Å². The average Bonchev–Trinajstić information content (AvgIpc) is 2.67. The van der Waals surface area contributed by atoms with Crippen molar-refractivity contribution in [2.75, 3.05) is 0 Å². The second kappa shape index (κ2) is 9.92. The van der Waals surface area contributed by atoms with Crippen LogP contribution in [0.5, 0.6) is 0 Å². The molecule has 1 rings (SSSR count). The van der Waals surface area contributed by atoms with Gasteiger partial charge in [0, 0.05) is 18.3 Å². The first kappa shape index (κ1) is 26.8. The van der Waals surface area contributed by atoms with Gasteiger partial charge in [0.05, 0.1) is 17.6 Å². The van der Waals surface area contributed by atoms with Gasteiger partial charge in [0.2, 0.25) is 0 Å². The molecular weight excluding hydrogens is 384 g/mol. The zero-order valence-electron chi connectivity index (χ0n) is 19.9. The highest BCUT2D eigenvalue weighted by molar-refractivity contribution is 5.83. The molecule has 0 radical (unpaired) electrons. The van der Waals surface area contributed by atoms with Gasteiger partial charge in [-0.2, -0.15) is 0 Å². The molecule has 1 saturated heterocycles. The van der Waals surface area contributed by atoms with Gasteiger partial charge >= 0.3 is 5.97 Å². The molecule has 10 atom stereocenters. The first-order valence-electron chi connectivity index (χ1n) is 11.1. The van der Waals surface area contributed by atoms with E-state index in [1.165, 1.54) is 13.0 Å². The molecular formula is C24H42O6. The van der Waals surface area contributed by atoms with E-state index in [0.717, 1.165) is 0 Å². The summed E-state index contributed by atoms with van der Waals surface area (Å²) in [4.78, 5) is 25.9. The summed E-state index contributed by atoms with van der Waals surface area (Å²) in [5, 5.41) is 33.1. The highest BCUT2D eigenvalue weighted by Crippen LogP contribution is 2.39. The molecule has 0 aromatic heterocycles. The largest absolute Gasteiger partial charge is 0.459 e. The highest BCUT2D eigenvalue weighted by Gasteiger charge is 2.48. The van der Waals surface area contributed by atoms with Gasteiger partial charge in [0.1, 0.15) is 17.5 Å². The van der Waals surface area contributed by atoms with Gasteiger partial charge in [-0.3, -0.25) is 9.59 Å². The fourth-order valence-corrected chi connectivity index (χ4v) is 4.70. The average molecular weight is 427 g/mol. The molecule has 0 aromatic carbocycles. The lowest BCUT2D eigenvalue weighted by Gasteiger charge is -2.42.